The maximum absolute atomic E-state index is 11.4. The Kier molecular flexibility index (Phi) is 10.1. The van der Waals surface area contributed by atoms with E-state index in [1.165, 1.54) is 29.4 Å². The van der Waals surface area contributed by atoms with Crippen LogP contribution < -0.4 is 37.2 Å². The van der Waals surface area contributed by atoms with Crippen molar-refractivity contribution in [3.05, 3.63) is 41.0 Å². The predicted octanol–water partition coefficient (Wildman–Crippen LogP) is -6.36. The normalized spacial score (nSPS) is 15.7. The van der Waals surface area contributed by atoms with Crippen LogP contribution >= 0.6 is 0 Å². The van der Waals surface area contributed by atoms with Crippen molar-refractivity contribution in [2.24, 2.45) is 0 Å². The zero-order valence-electron chi connectivity index (χ0n) is 10.5. The van der Waals surface area contributed by atoms with E-state index in [4.69, 9.17) is 4.74 Å². The van der Waals surface area contributed by atoms with Gasteiger partial charge in [0, 0.05) is 0 Å². The zero-order chi connectivity index (χ0) is 11.7. The van der Waals surface area contributed by atoms with Gasteiger partial charge in [-0.15, -0.1) is 0 Å². The van der Waals surface area contributed by atoms with Crippen LogP contribution in [0.15, 0.2) is 29.8 Å². The first kappa shape index (κ1) is 21.3. The molecule has 1 unspecified atom stereocenters. The third-order valence-corrected chi connectivity index (χ3v) is 4.10. The minimum atomic E-state index is -0.158. The number of hydrogen-bond donors (Lipinski definition) is 0. The number of methoxy groups -OCH3 is 1. The van der Waals surface area contributed by atoms with E-state index >= 15 is 0 Å². The van der Waals surface area contributed by atoms with E-state index in [2.05, 4.69) is 39.5 Å². The van der Waals surface area contributed by atoms with Gasteiger partial charge < -0.3 is 37.2 Å². The van der Waals surface area contributed by atoms with Gasteiger partial charge >= 0.3 is 107 Å². The summed E-state index contributed by atoms with van der Waals surface area (Å²) in [6.45, 7) is 2.08. The molecule has 0 heterocycles. The third-order valence-electron chi connectivity index (χ3n) is 3.07. The Hall–Kier alpha value is 0.0143. The number of ether oxygens (including phenoxy) is 1. The fraction of sp³-hybridized carbons (Fsp3) is 0.308. The molecular formula is C13H13Cl3O2Ti. The van der Waals surface area contributed by atoms with E-state index in [-0.39, 0.29) is 43.2 Å². The average molecular weight is 355 g/mol. The summed E-state index contributed by atoms with van der Waals surface area (Å²) >= 11 is 2.15. The van der Waals surface area contributed by atoms with Crippen LogP contribution in [0.5, 0.6) is 0 Å². The molecular weight excluding hydrogens is 342 g/mol. The molecule has 1 aliphatic rings. The topological polar surface area (TPSA) is 26.3 Å². The summed E-state index contributed by atoms with van der Waals surface area (Å²) in [5.74, 6) is -0.158. The van der Waals surface area contributed by atoms with E-state index in [9.17, 15) is 4.79 Å². The number of carbonyl (C=O) groups is 1. The van der Waals surface area contributed by atoms with Crippen molar-refractivity contribution >= 4 is 11.5 Å². The van der Waals surface area contributed by atoms with Crippen molar-refractivity contribution in [2.45, 2.75) is 17.6 Å². The van der Waals surface area contributed by atoms with Crippen molar-refractivity contribution < 1.29 is 67.2 Å². The molecule has 1 aromatic rings. The largest absolute Gasteiger partial charge is 1.00 e. The van der Waals surface area contributed by atoms with E-state index in [0.29, 0.717) is 10.6 Å². The molecule has 19 heavy (non-hydrogen) atoms. The van der Waals surface area contributed by atoms with E-state index in [1.807, 2.05) is 12.1 Å². The second kappa shape index (κ2) is 9.04. The Bertz CT molecular complexity index is 475. The number of carbonyl (C=O) groups excluding carboxylic acids is 1. The molecule has 102 valence electrons. The summed E-state index contributed by atoms with van der Waals surface area (Å²) in [5.41, 5.74) is 5.01. The van der Waals surface area contributed by atoms with Gasteiger partial charge in [0.05, 0.1) is 0 Å². The van der Waals surface area contributed by atoms with E-state index in [1.54, 1.807) is 0 Å². The van der Waals surface area contributed by atoms with Gasteiger partial charge in [0.1, 0.15) is 0 Å². The van der Waals surface area contributed by atoms with E-state index in [0.717, 1.165) is 0 Å². The molecule has 1 aliphatic carbocycles. The van der Waals surface area contributed by atoms with Crippen molar-refractivity contribution in [2.75, 3.05) is 7.11 Å². The van der Waals surface area contributed by atoms with Gasteiger partial charge in [0.2, 0.25) is 0 Å². The maximum Gasteiger partial charge on any atom is -1.00 e. The molecule has 0 aliphatic heterocycles. The Morgan fingerprint density at radius 2 is 1.84 bits per heavy atom. The molecule has 0 saturated heterocycles. The fourth-order valence-corrected chi connectivity index (χ4v) is 3.02. The van der Waals surface area contributed by atoms with Gasteiger partial charge in [0.15, 0.2) is 0 Å². The summed E-state index contributed by atoms with van der Waals surface area (Å²) in [5, 5.41) is 0. The number of esters is 1. The summed E-state index contributed by atoms with van der Waals surface area (Å²) in [6, 6.07) is 8.33. The van der Waals surface area contributed by atoms with Crippen molar-refractivity contribution in [3.63, 3.8) is 0 Å². The Labute approximate surface area is 144 Å². The molecule has 2 rings (SSSR count). The molecule has 0 bridgehead atoms. The molecule has 6 heteroatoms. The predicted molar refractivity (Wildman–Crippen MR) is 58.4 cm³/mol. The molecule has 2 nitrogen and oxygen atoms in total. The monoisotopic (exact) mass is 354 g/mol. The number of fused-ring (bicyclic) bond motifs is 1. The third kappa shape index (κ3) is 4.24. The van der Waals surface area contributed by atoms with Crippen molar-refractivity contribution in [1.29, 1.82) is 0 Å². The number of benzene rings is 1. The molecule has 0 fully saturated rings. The molecule has 0 radical (unpaired) electrons. The first-order valence-electron chi connectivity index (χ1n) is 5.22. The minimum absolute atomic E-state index is 0. The van der Waals surface area contributed by atoms with Crippen LogP contribution in [0.25, 0.3) is 5.57 Å². The first-order chi connectivity index (χ1) is 7.65. The van der Waals surface area contributed by atoms with E-state index < -0.39 is 0 Å². The van der Waals surface area contributed by atoms with Crippen LogP contribution in [0.3, 0.4) is 0 Å². The molecule has 0 saturated carbocycles. The number of allylic oxidation sites excluding steroid dienone is 1. The number of rotatable bonds is 2. The zero-order valence-corrected chi connectivity index (χ0v) is 14.4. The van der Waals surface area contributed by atoms with Crippen LogP contribution in [-0.4, -0.2) is 13.1 Å². The van der Waals surface area contributed by atoms with Crippen LogP contribution in [0.1, 0.15) is 28.7 Å². The van der Waals surface area contributed by atoms with Crippen LogP contribution in [0.4, 0.5) is 0 Å². The van der Waals surface area contributed by atoms with Gasteiger partial charge in [-0.25, -0.2) is 0 Å². The second-order valence-corrected chi connectivity index (χ2v) is 4.82. The van der Waals surface area contributed by atoms with Crippen LogP contribution in [0, 0.1) is 0 Å². The van der Waals surface area contributed by atoms with Gasteiger partial charge in [-0.2, -0.15) is 0 Å². The van der Waals surface area contributed by atoms with Gasteiger partial charge in [0.25, 0.3) is 0 Å². The molecule has 0 N–H and O–H groups in total. The number of hydrogen-bond acceptors (Lipinski definition) is 2. The summed E-state index contributed by atoms with van der Waals surface area (Å²) in [4.78, 5) is 11.4. The van der Waals surface area contributed by atoms with Crippen LogP contribution in [0.2, 0.25) is 0 Å². The summed E-state index contributed by atoms with van der Waals surface area (Å²) in [7, 11) is 1.44. The smallest absolute Gasteiger partial charge is 1.00 e. The quantitative estimate of drug-likeness (QED) is 0.390. The average Bonchev–Trinajstić information content (AvgIpc) is 2.55. The van der Waals surface area contributed by atoms with Gasteiger partial charge in [-0.05, 0) is 0 Å². The summed E-state index contributed by atoms with van der Waals surface area (Å²) in [6.07, 6.45) is 0.401. The Balaban J connectivity index is 0. The maximum atomic E-state index is 11.4. The summed E-state index contributed by atoms with van der Waals surface area (Å²) < 4.78 is 5.06. The minimum Gasteiger partial charge on any atom is -1.00 e. The standard InChI is InChI=1S/C13H13O2.3ClH.Ti/c1-9-11(8-13(14)15-2)7-10-5-3-4-6-12(9)10;;;;/h3-7H,8H2,1-2H3;3*1H;/q;;;;+3/p-3. The molecule has 0 amide bonds. The molecule has 1 aromatic carbocycles. The molecule has 0 spiro atoms. The Morgan fingerprint density at radius 1 is 1.26 bits per heavy atom. The van der Waals surface area contributed by atoms with Crippen LogP contribution in [-0.2, 0) is 30.0 Å². The second-order valence-electron chi connectivity index (χ2n) is 3.92. The SMILES string of the molecule is COC(=O)CC1=C(C)c2ccccc2[CH]1[Ti+3].[Cl-].[Cl-].[Cl-]. The first-order valence-corrected chi connectivity index (χ1v) is 6.12. The Morgan fingerprint density at radius 3 is 2.37 bits per heavy atom. The van der Waals surface area contributed by atoms with Crippen molar-refractivity contribution in [1.82, 2.24) is 0 Å². The molecule has 0 aromatic heterocycles. The van der Waals surface area contributed by atoms with Gasteiger partial charge in [-0.3, -0.25) is 0 Å². The van der Waals surface area contributed by atoms with Crippen molar-refractivity contribution in [3.8, 4) is 0 Å². The number of halogens is 3. The fourth-order valence-electron chi connectivity index (χ4n) is 2.13. The molecule has 1 atom stereocenters. The van der Waals surface area contributed by atoms with Gasteiger partial charge in [-0.1, -0.05) is 0 Å².